The van der Waals surface area contributed by atoms with Gasteiger partial charge in [-0.25, -0.2) is 14.6 Å². The summed E-state index contributed by atoms with van der Waals surface area (Å²) < 4.78 is 1.95. The Kier molecular flexibility index (Phi) is 13.3. The Bertz CT molecular complexity index is 952. The highest BCUT2D eigenvalue weighted by atomic mass is 16.2. The van der Waals surface area contributed by atoms with Crippen molar-refractivity contribution in [3.8, 4) is 0 Å². The number of nitrogens with zero attached hydrogens (tertiary/aromatic N) is 5. The molecule has 1 unspecified atom stereocenters. The maximum absolute atomic E-state index is 13.2. The molecule has 1 amide bonds. The van der Waals surface area contributed by atoms with Crippen LogP contribution in [0.1, 0.15) is 99.8 Å². The maximum Gasteiger partial charge on any atom is 0.231 e. The first-order valence-electron chi connectivity index (χ1n) is 14.9. The summed E-state index contributed by atoms with van der Waals surface area (Å²) in [5.74, 6) is 2.19. The van der Waals surface area contributed by atoms with E-state index >= 15 is 0 Å². The number of carbonyl (C=O) groups excluding carboxylic acids is 1. The van der Waals surface area contributed by atoms with Gasteiger partial charge in [-0.2, -0.15) is 5.10 Å². The number of piperidine rings is 1. The van der Waals surface area contributed by atoms with Crippen LogP contribution in [-0.2, 0) is 11.3 Å². The smallest absolute Gasteiger partial charge is 0.231 e. The first-order chi connectivity index (χ1) is 18.1. The van der Waals surface area contributed by atoms with Gasteiger partial charge in [0.05, 0.1) is 23.5 Å². The number of aromatic nitrogens is 4. The highest BCUT2D eigenvalue weighted by molar-refractivity contribution is 6.01. The fraction of sp³-hybridized carbons (Fsp3) is 0.733. The lowest BCUT2D eigenvalue weighted by atomic mass is 9.50. The SMILES string of the molecule is C/C=C\C.CC.CC.CCC1CC2CC(C(=O)Nc3ncnc4c3cnn4CCN3CCCCC3)(C1)C2. The van der Waals surface area contributed by atoms with E-state index in [-0.39, 0.29) is 11.3 Å². The molecule has 4 aliphatic rings. The number of carbonyl (C=O) groups is 1. The predicted molar refractivity (Wildman–Crippen MR) is 156 cm³/mol. The fourth-order valence-corrected chi connectivity index (χ4v) is 5.89. The number of rotatable bonds is 6. The minimum absolute atomic E-state index is 0.146. The third-order valence-electron chi connectivity index (χ3n) is 7.84. The molecule has 1 atom stereocenters. The van der Waals surface area contributed by atoms with Crippen LogP contribution in [0.5, 0.6) is 0 Å². The molecule has 1 aliphatic heterocycles. The van der Waals surface area contributed by atoms with E-state index in [2.05, 4.69) is 32.2 Å². The van der Waals surface area contributed by atoms with Gasteiger partial charge in [-0.05, 0) is 77.3 Å². The minimum atomic E-state index is -0.175. The number of anilines is 1. The Morgan fingerprint density at radius 2 is 1.70 bits per heavy atom. The van der Waals surface area contributed by atoms with Gasteiger partial charge < -0.3 is 10.2 Å². The summed E-state index contributed by atoms with van der Waals surface area (Å²) in [7, 11) is 0. The van der Waals surface area contributed by atoms with Gasteiger partial charge in [0.1, 0.15) is 12.1 Å². The minimum Gasteiger partial charge on any atom is -0.309 e. The summed E-state index contributed by atoms with van der Waals surface area (Å²) in [4.78, 5) is 24.5. The summed E-state index contributed by atoms with van der Waals surface area (Å²) in [5.41, 5.74) is 0.636. The Morgan fingerprint density at radius 3 is 2.32 bits per heavy atom. The average Bonchev–Trinajstić information content (AvgIpc) is 3.38. The molecule has 4 fully saturated rings. The van der Waals surface area contributed by atoms with Crippen molar-refractivity contribution >= 4 is 22.8 Å². The van der Waals surface area contributed by atoms with Crippen LogP contribution < -0.4 is 5.32 Å². The number of hydrogen-bond acceptors (Lipinski definition) is 5. The molecule has 2 aromatic heterocycles. The summed E-state index contributed by atoms with van der Waals surface area (Å²) in [6.07, 6.45) is 16.9. The normalized spacial score (nSPS) is 24.5. The number of hydrogen-bond donors (Lipinski definition) is 1. The van der Waals surface area contributed by atoms with Crippen molar-refractivity contribution in [1.29, 1.82) is 0 Å². The Morgan fingerprint density at radius 1 is 1.03 bits per heavy atom. The van der Waals surface area contributed by atoms with Crippen LogP contribution in [0.15, 0.2) is 24.7 Å². The van der Waals surface area contributed by atoms with Crippen molar-refractivity contribution in [2.24, 2.45) is 17.3 Å². The van der Waals surface area contributed by atoms with E-state index in [4.69, 9.17) is 0 Å². The zero-order valence-corrected chi connectivity index (χ0v) is 24.6. The van der Waals surface area contributed by atoms with Crippen LogP contribution in [0.2, 0.25) is 0 Å². The third-order valence-corrected chi connectivity index (χ3v) is 7.84. The number of allylic oxidation sites excluding steroid dienone is 2. The van der Waals surface area contributed by atoms with Crippen LogP contribution in [-0.4, -0.2) is 50.2 Å². The van der Waals surface area contributed by atoms with E-state index in [1.54, 1.807) is 12.5 Å². The van der Waals surface area contributed by atoms with E-state index in [0.29, 0.717) is 11.7 Å². The summed E-state index contributed by atoms with van der Waals surface area (Å²) in [5, 5.41) is 8.53. The number of nitrogens with one attached hydrogen (secondary N) is 1. The molecule has 2 bridgehead atoms. The second-order valence-corrected chi connectivity index (χ2v) is 10.1. The molecule has 0 radical (unpaired) electrons. The first-order valence-corrected chi connectivity index (χ1v) is 14.9. The van der Waals surface area contributed by atoms with Crippen LogP contribution in [0, 0.1) is 17.3 Å². The zero-order chi connectivity index (χ0) is 27.3. The molecule has 208 valence electrons. The van der Waals surface area contributed by atoms with Gasteiger partial charge in [-0.1, -0.05) is 59.6 Å². The van der Waals surface area contributed by atoms with Crippen LogP contribution in [0.3, 0.4) is 0 Å². The molecule has 1 saturated heterocycles. The van der Waals surface area contributed by atoms with Gasteiger partial charge in [-0.15, -0.1) is 0 Å². The van der Waals surface area contributed by atoms with E-state index in [0.717, 1.165) is 49.3 Å². The molecule has 0 aromatic carbocycles. The summed E-state index contributed by atoms with van der Waals surface area (Å²) in [6, 6.07) is 0. The third kappa shape index (κ3) is 7.86. The Hall–Kier alpha value is -2.28. The topological polar surface area (TPSA) is 75.9 Å². The molecule has 7 nitrogen and oxygen atoms in total. The highest BCUT2D eigenvalue weighted by Gasteiger charge is 2.54. The zero-order valence-electron chi connectivity index (χ0n) is 24.6. The van der Waals surface area contributed by atoms with Crippen molar-refractivity contribution in [1.82, 2.24) is 24.6 Å². The largest absolute Gasteiger partial charge is 0.309 e. The molecule has 2 aromatic rings. The number of fused-ring (bicyclic) bond motifs is 3. The van der Waals surface area contributed by atoms with Crippen molar-refractivity contribution in [3.05, 3.63) is 24.7 Å². The van der Waals surface area contributed by atoms with Gasteiger partial charge >= 0.3 is 0 Å². The highest BCUT2D eigenvalue weighted by Crippen LogP contribution is 2.58. The molecule has 37 heavy (non-hydrogen) atoms. The fourth-order valence-electron chi connectivity index (χ4n) is 5.89. The average molecular weight is 513 g/mol. The molecule has 3 aliphatic carbocycles. The van der Waals surface area contributed by atoms with Gasteiger partial charge in [-0.3, -0.25) is 4.79 Å². The second kappa shape index (κ2) is 15.9. The molecule has 6 rings (SSSR count). The second-order valence-electron chi connectivity index (χ2n) is 10.1. The van der Waals surface area contributed by atoms with Crippen molar-refractivity contribution in [2.45, 2.75) is 106 Å². The summed E-state index contributed by atoms with van der Waals surface area (Å²) in [6.45, 7) is 18.4. The molecule has 3 saturated carbocycles. The van der Waals surface area contributed by atoms with E-state index < -0.39 is 0 Å². The van der Waals surface area contributed by atoms with Gasteiger partial charge in [0.2, 0.25) is 5.91 Å². The lowest BCUT2D eigenvalue weighted by Crippen LogP contribution is -2.52. The van der Waals surface area contributed by atoms with Gasteiger partial charge in [0.25, 0.3) is 0 Å². The molecule has 1 N–H and O–H groups in total. The van der Waals surface area contributed by atoms with Gasteiger partial charge in [0.15, 0.2) is 5.65 Å². The van der Waals surface area contributed by atoms with E-state index in [9.17, 15) is 4.79 Å². The molecule has 3 heterocycles. The molecule has 7 heteroatoms. The quantitative estimate of drug-likeness (QED) is 0.418. The van der Waals surface area contributed by atoms with E-state index in [1.165, 1.54) is 45.2 Å². The number of amides is 1. The Labute approximate surface area is 225 Å². The van der Waals surface area contributed by atoms with Crippen molar-refractivity contribution in [2.75, 3.05) is 25.0 Å². The molecular formula is C30H52N6O. The van der Waals surface area contributed by atoms with Crippen LogP contribution >= 0.6 is 0 Å². The van der Waals surface area contributed by atoms with Crippen LogP contribution in [0.25, 0.3) is 11.0 Å². The van der Waals surface area contributed by atoms with Crippen molar-refractivity contribution < 1.29 is 4.79 Å². The lowest BCUT2D eigenvalue weighted by Gasteiger charge is -2.53. The predicted octanol–water partition coefficient (Wildman–Crippen LogP) is 7.10. The molecular weight excluding hydrogens is 460 g/mol. The summed E-state index contributed by atoms with van der Waals surface area (Å²) >= 11 is 0. The monoisotopic (exact) mass is 512 g/mol. The molecule has 0 spiro atoms. The lowest BCUT2D eigenvalue weighted by molar-refractivity contribution is -0.142. The van der Waals surface area contributed by atoms with Crippen molar-refractivity contribution in [3.63, 3.8) is 0 Å². The number of likely N-dealkylation sites (tertiary alicyclic amines) is 1. The maximum atomic E-state index is 13.2. The van der Waals surface area contributed by atoms with Gasteiger partial charge in [0, 0.05) is 6.54 Å². The van der Waals surface area contributed by atoms with E-state index in [1.807, 2.05) is 58.4 Å². The first kappa shape index (κ1) is 30.9. The standard InChI is InChI=1S/C22H32N6O.C4H8.2C2H6/c1-2-16-10-17-12-22(11-16,13-17)21(29)26-19-18-14-25-28(20(18)24-15-23-19)9-8-27-6-4-3-5-7-27;1-3-4-2;2*1-2/h14-17H,2-13H2,1H3,(H,23,24,26,29);3-4H,1-2H3;2*1-2H3/b;4-3-;;. The Balaban J connectivity index is 0.000000541. The van der Waals surface area contributed by atoms with Crippen LogP contribution in [0.4, 0.5) is 5.82 Å².